The van der Waals surface area contributed by atoms with Crippen LogP contribution in [0.25, 0.3) is 0 Å². The van der Waals surface area contributed by atoms with Gasteiger partial charge in [0.25, 0.3) is 0 Å². The number of amides is 1. The Bertz CT molecular complexity index is 378. The van der Waals surface area contributed by atoms with E-state index < -0.39 is 0 Å². The number of carbonyl (C=O) groups excluding carboxylic acids is 1. The summed E-state index contributed by atoms with van der Waals surface area (Å²) in [5.74, 6) is 0.823. The zero-order chi connectivity index (χ0) is 13.5. The van der Waals surface area contributed by atoms with Gasteiger partial charge in [-0.05, 0) is 31.7 Å². The predicted molar refractivity (Wildman–Crippen MR) is 72.5 cm³/mol. The summed E-state index contributed by atoms with van der Waals surface area (Å²) in [5.41, 5.74) is 0. The molecule has 2 N–H and O–H groups in total. The summed E-state index contributed by atoms with van der Waals surface area (Å²) in [6.07, 6.45) is 7.68. The molecule has 0 spiro atoms. The van der Waals surface area contributed by atoms with E-state index >= 15 is 0 Å². The zero-order valence-corrected chi connectivity index (χ0v) is 11.5. The van der Waals surface area contributed by atoms with Gasteiger partial charge in [0.15, 0.2) is 0 Å². The van der Waals surface area contributed by atoms with Crippen LogP contribution in [0.15, 0.2) is 12.4 Å². The second kappa shape index (κ2) is 7.23. The normalized spacial score (nSPS) is 23.2. The Labute approximate surface area is 113 Å². The van der Waals surface area contributed by atoms with Gasteiger partial charge in [-0.15, -0.1) is 5.10 Å². The van der Waals surface area contributed by atoms with E-state index in [1.165, 1.54) is 6.42 Å². The van der Waals surface area contributed by atoms with E-state index in [2.05, 4.69) is 27.9 Å². The molecular weight excluding hydrogens is 242 g/mol. The highest BCUT2D eigenvalue weighted by Crippen LogP contribution is 2.19. The Morgan fingerprint density at radius 2 is 2.47 bits per heavy atom. The van der Waals surface area contributed by atoms with Gasteiger partial charge in [0.2, 0.25) is 5.91 Å². The highest BCUT2D eigenvalue weighted by Gasteiger charge is 2.25. The monoisotopic (exact) mass is 265 g/mol. The fourth-order valence-corrected chi connectivity index (χ4v) is 2.49. The maximum absolute atomic E-state index is 12.0. The number of hydrogen-bond donors (Lipinski definition) is 2. The van der Waals surface area contributed by atoms with Crippen LogP contribution in [0.2, 0.25) is 0 Å². The standard InChI is InChI=1S/C13H23N5O/c1-2-11-4-6-14-12(10-11)13(19)15-5-3-8-18-9-7-16-17-18/h7,9,11-12,14H,2-6,8,10H2,1H3,(H,15,19). The average molecular weight is 265 g/mol. The van der Waals surface area contributed by atoms with Crippen LogP contribution < -0.4 is 10.6 Å². The van der Waals surface area contributed by atoms with Crippen LogP contribution >= 0.6 is 0 Å². The van der Waals surface area contributed by atoms with Crippen LogP contribution in [0.5, 0.6) is 0 Å². The fraction of sp³-hybridized carbons (Fsp3) is 0.769. The fourth-order valence-electron chi connectivity index (χ4n) is 2.49. The van der Waals surface area contributed by atoms with E-state index in [1.807, 2.05) is 6.20 Å². The first-order valence-electron chi connectivity index (χ1n) is 7.14. The van der Waals surface area contributed by atoms with Crippen molar-refractivity contribution in [3.05, 3.63) is 12.4 Å². The second-order valence-corrected chi connectivity index (χ2v) is 5.12. The lowest BCUT2D eigenvalue weighted by atomic mass is 9.90. The number of carbonyl (C=O) groups is 1. The number of aryl methyl sites for hydroxylation is 1. The highest BCUT2D eigenvalue weighted by atomic mass is 16.2. The van der Waals surface area contributed by atoms with Gasteiger partial charge in [-0.25, -0.2) is 0 Å². The smallest absolute Gasteiger partial charge is 0.237 e. The minimum Gasteiger partial charge on any atom is -0.355 e. The van der Waals surface area contributed by atoms with E-state index in [1.54, 1.807) is 10.9 Å². The summed E-state index contributed by atoms with van der Waals surface area (Å²) in [7, 11) is 0. The van der Waals surface area contributed by atoms with E-state index in [0.29, 0.717) is 12.5 Å². The number of hydrogen-bond acceptors (Lipinski definition) is 4. The first-order chi connectivity index (χ1) is 9.29. The van der Waals surface area contributed by atoms with E-state index in [4.69, 9.17) is 0 Å². The van der Waals surface area contributed by atoms with Gasteiger partial charge in [0.1, 0.15) is 0 Å². The summed E-state index contributed by atoms with van der Waals surface area (Å²) < 4.78 is 1.78. The minimum absolute atomic E-state index is 0.00919. The lowest BCUT2D eigenvalue weighted by molar-refractivity contribution is -0.124. The molecule has 2 unspecified atom stereocenters. The topological polar surface area (TPSA) is 71.8 Å². The molecule has 2 rings (SSSR count). The summed E-state index contributed by atoms with van der Waals surface area (Å²) >= 11 is 0. The van der Waals surface area contributed by atoms with Gasteiger partial charge in [-0.1, -0.05) is 18.6 Å². The number of nitrogens with one attached hydrogen (secondary N) is 2. The number of nitrogens with zero attached hydrogens (tertiary/aromatic N) is 3. The Morgan fingerprint density at radius 1 is 1.58 bits per heavy atom. The Morgan fingerprint density at radius 3 is 3.21 bits per heavy atom. The molecule has 1 fully saturated rings. The van der Waals surface area contributed by atoms with Crippen molar-refractivity contribution in [1.29, 1.82) is 0 Å². The summed E-state index contributed by atoms with van der Waals surface area (Å²) in [5, 5.41) is 13.9. The van der Waals surface area contributed by atoms with Crippen molar-refractivity contribution in [3.8, 4) is 0 Å². The summed E-state index contributed by atoms with van der Waals surface area (Å²) in [6, 6.07) is -0.00919. The third kappa shape index (κ3) is 4.31. The Hall–Kier alpha value is -1.43. The molecule has 6 heteroatoms. The molecule has 0 bridgehead atoms. The van der Waals surface area contributed by atoms with Gasteiger partial charge in [0, 0.05) is 19.3 Å². The SMILES string of the molecule is CCC1CCNC(C(=O)NCCCn2ccnn2)C1. The van der Waals surface area contributed by atoms with Gasteiger partial charge in [0.05, 0.1) is 12.2 Å². The van der Waals surface area contributed by atoms with Crippen LogP contribution in [-0.4, -0.2) is 40.0 Å². The third-order valence-electron chi connectivity index (χ3n) is 3.74. The van der Waals surface area contributed by atoms with Crippen molar-refractivity contribution < 1.29 is 4.79 Å². The molecule has 2 atom stereocenters. The van der Waals surface area contributed by atoms with Crippen molar-refractivity contribution in [1.82, 2.24) is 25.6 Å². The van der Waals surface area contributed by atoms with Crippen molar-refractivity contribution in [2.24, 2.45) is 5.92 Å². The molecule has 1 aromatic rings. The number of aromatic nitrogens is 3. The second-order valence-electron chi connectivity index (χ2n) is 5.12. The molecule has 0 aromatic carbocycles. The molecule has 19 heavy (non-hydrogen) atoms. The van der Waals surface area contributed by atoms with Crippen LogP contribution in [0.4, 0.5) is 0 Å². The van der Waals surface area contributed by atoms with Gasteiger partial charge in [-0.3, -0.25) is 9.48 Å². The molecule has 0 aliphatic carbocycles. The van der Waals surface area contributed by atoms with Crippen LogP contribution in [0, 0.1) is 5.92 Å². The van der Waals surface area contributed by atoms with E-state index in [0.717, 1.165) is 32.4 Å². The Balaban J connectivity index is 1.63. The summed E-state index contributed by atoms with van der Waals surface area (Å²) in [6.45, 7) is 4.63. The first kappa shape index (κ1) is 14.0. The van der Waals surface area contributed by atoms with E-state index in [9.17, 15) is 4.79 Å². The molecule has 106 valence electrons. The maximum atomic E-state index is 12.0. The number of rotatable bonds is 6. The zero-order valence-electron chi connectivity index (χ0n) is 11.5. The molecule has 1 aromatic heterocycles. The van der Waals surface area contributed by atoms with E-state index in [-0.39, 0.29) is 11.9 Å². The van der Waals surface area contributed by atoms with Crippen molar-refractivity contribution in [2.45, 2.75) is 45.2 Å². The maximum Gasteiger partial charge on any atom is 0.237 e. The minimum atomic E-state index is -0.00919. The van der Waals surface area contributed by atoms with Crippen LogP contribution in [-0.2, 0) is 11.3 Å². The molecule has 2 heterocycles. The molecule has 1 saturated heterocycles. The largest absolute Gasteiger partial charge is 0.355 e. The Kier molecular flexibility index (Phi) is 5.32. The lowest BCUT2D eigenvalue weighted by Crippen LogP contribution is -2.48. The molecule has 1 amide bonds. The molecule has 0 radical (unpaired) electrons. The lowest BCUT2D eigenvalue weighted by Gasteiger charge is -2.28. The predicted octanol–water partition coefficient (Wildman–Crippen LogP) is 0.563. The highest BCUT2D eigenvalue weighted by molar-refractivity contribution is 5.81. The summed E-state index contributed by atoms with van der Waals surface area (Å²) in [4.78, 5) is 12.0. The van der Waals surface area contributed by atoms with Gasteiger partial charge >= 0.3 is 0 Å². The molecule has 6 nitrogen and oxygen atoms in total. The molecular formula is C13H23N5O. The third-order valence-corrected chi connectivity index (χ3v) is 3.74. The van der Waals surface area contributed by atoms with Gasteiger partial charge in [-0.2, -0.15) is 0 Å². The van der Waals surface area contributed by atoms with Gasteiger partial charge < -0.3 is 10.6 Å². The van der Waals surface area contributed by atoms with Crippen molar-refractivity contribution in [3.63, 3.8) is 0 Å². The van der Waals surface area contributed by atoms with Crippen LogP contribution in [0.3, 0.4) is 0 Å². The molecule has 1 aliphatic rings. The first-order valence-corrected chi connectivity index (χ1v) is 7.14. The number of piperidine rings is 1. The van der Waals surface area contributed by atoms with Crippen molar-refractivity contribution in [2.75, 3.05) is 13.1 Å². The molecule has 1 aliphatic heterocycles. The average Bonchev–Trinajstić information content (AvgIpc) is 2.96. The quantitative estimate of drug-likeness (QED) is 0.737. The van der Waals surface area contributed by atoms with Crippen molar-refractivity contribution >= 4 is 5.91 Å². The van der Waals surface area contributed by atoms with Crippen LogP contribution in [0.1, 0.15) is 32.6 Å². The molecule has 0 saturated carbocycles.